The van der Waals surface area contributed by atoms with E-state index in [0.29, 0.717) is 11.1 Å². The number of hydrogen-bond donors (Lipinski definition) is 3. The van der Waals surface area contributed by atoms with Crippen molar-refractivity contribution < 1.29 is 9.59 Å². The number of amides is 2. The van der Waals surface area contributed by atoms with Gasteiger partial charge in [-0.25, -0.2) is 0 Å². The highest BCUT2D eigenvalue weighted by atomic mass is 16.2. The third kappa shape index (κ3) is 5.63. The van der Waals surface area contributed by atoms with Crippen molar-refractivity contribution >= 4 is 11.8 Å². The van der Waals surface area contributed by atoms with Gasteiger partial charge < -0.3 is 16.4 Å². The molecule has 0 aliphatic rings. The fourth-order valence-electron chi connectivity index (χ4n) is 1.54. The lowest BCUT2D eigenvalue weighted by atomic mass is 10.2. The van der Waals surface area contributed by atoms with E-state index in [1.165, 1.54) is 6.20 Å². The van der Waals surface area contributed by atoms with Crippen LogP contribution in [0.5, 0.6) is 0 Å². The maximum Gasteiger partial charge on any atom is 0.253 e. The van der Waals surface area contributed by atoms with Gasteiger partial charge in [0.25, 0.3) is 5.91 Å². The summed E-state index contributed by atoms with van der Waals surface area (Å²) in [6.45, 7) is 5.58. The van der Waals surface area contributed by atoms with Crippen LogP contribution in [0.2, 0.25) is 0 Å². The zero-order chi connectivity index (χ0) is 15.8. The van der Waals surface area contributed by atoms with Crippen molar-refractivity contribution in [3.63, 3.8) is 0 Å². The van der Waals surface area contributed by atoms with Crippen molar-refractivity contribution in [2.45, 2.75) is 32.9 Å². The smallest absolute Gasteiger partial charge is 0.253 e. The summed E-state index contributed by atoms with van der Waals surface area (Å²) in [5.74, 6) is 4.90. The largest absolute Gasteiger partial charge is 0.352 e. The van der Waals surface area contributed by atoms with Crippen molar-refractivity contribution in [3.05, 3.63) is 29.6 Å². The van der Waals surface area contributed by atoms with Crippen LogP contribution in [0, 0.1) is 11.8 Å². The molecule has 0 saturated carbocycles. The second-order valence-corrected chi connectivity index (χ2v) is 4.83. The number of nitrogens with one attached hydrogen (secondary N) is 2. The van der Waals surface area contributed by atoms with Crippen LogP contribution in [-0.4, -0.2) is 35.4 Å². The Kier molecular flexibility index (Phi) is 6.37. The SMILES string of the molecule is CC(C)NC(=O)C(C)NC(=O)c1cncc(C#CCN)c1. The van der Waals surface area contributed by atoms with Crippen LogP contribution in [0.3, 0.4) is 0 Å². The van der Waals surface area contributed by atoms with E-state index in [9.17, 15) is 9.59 Å². The van der Waals surface area contributed by atoms with Gasteiger partial charge in [0.1, 0.15) is 6.04 Å². The average Bonchev–Trinajstić information content (AvgIpc) is 2.44. The maximum atomic E-state index is 12.1. The molecule has 1 aromatic rings. The van der Waals surface area contributed by atoms with E-state index in [2.05, 4.69) is 27.5 Å². The van der Waals surface area contributed by atoms with Gasteiger partial charge >= 0.3 is 0 Å². The lowest BCUT2D eigenvalue weighted by Gasteiger charge is -2.16. The van der Waals surface area contributed by atoms with Crippen molar-refractivity contribution in [2.24, 2.45) is 5.73 Å². The molecule has 0 radical (unpaired) electrons. The summed E-state index contributed by atoms with van der Waals surface area (Å²) in [5.41, 5.74) is 6.25. The van der Waals surface area contributed by atoms with Crippen LogP contribution in [0.4, 0.5) is 0 Å². The van der Waals surface area contributed by atoms with Crippen LogP contribution >= 0.6 is 0 Å². The molecule has 2 amide bonds. The molecule has 0 bridgehead atoms. The Balaban J connectivity index is 2.73. The first-order valence-electron chi connectivity index (χ1n) is 6.69. The van der Waals surface area contributed by atoms with E-state index in [-0.39, 0.29) is 24.4 Å². The van der Waals surface area contributed by atoms with Crippen LogP contribution in [0.15, 0.2) is 18.5 Å². The second-order valence-electron chi connectivity index (χ2n) is 4.83. The zero-order valence-electron chi connectivity index (χ0n) is 12.4. The van der Waals surface area contributed by atoms with Gasteiger partial charge in [-0.05, 0) is 26.8 Å². The monoisotopic (exact) mass is 288 g/mol. The summed E-state index contributed by atoms with van der Waals surface area (Å²) >= 11 is 0. The number of carbonyl (C=O) groups is 2. The van der Waals surface area contributed by atoms with Crippen molar-refractivity contribution in [2.75, 3.05) is 6.54 Å². The molecule has 21 heavy (non-hydrogen) atoms. The first-order valence-corrected chi connectivity index (χ1v) is 6.69. The van der Waals surface area contributed by atoms with Crippen LogP contribution in [-0.2, 0) is 4.79 Å². The van der Waals surface area contributed by atoms with E-state index in [1.54, 1.807) is 19.2 Å². The number of pyridine rings is 1. The molecule has 0 aliphatic carbocycles. The molecule has 1 heterocycles. The van der Waals surface area contributed by atoms with E-state index < -0.39 is 6.04 Å². The highest BCUT2D eigenvalue weighted by molar-refractivity contribution is 5.97. The zero-order valence-corrected chi connectivity index (χ0v) is 12.4. The van der Waals surface area contributed by atoms with Gasteiger partial charge in [-0.1, -0.05) is 11.8 Å². The molecule has 6 nitrogen and oxygen atoms in total. The normalized spacial score (nSPS) is 11.3. The highest BCUT2D eigenvalue weighted by Gasteiger charge is 2.17. The molecule has 0 saturated heterocycles. The third-order valence-corrected chi connectivity index (χ3v) is 2.51. The molecule has 112 valence electrons. The first kappa shape index (κ1) is 16.7. The first-order chi connectivity index (χ1) is 9.93. The predicted molar refractivity (Wildman–Crippen MR) is 80.4 cm³/mol. The molecule has 1 aromatic heterocycles. The summed E-state index contributed by atoms with van der Waals surface area (Å²) in [6.07, 6.45) is 2.98. The summed E-state index contributed by atoms with van der Waals surface area (Å²) in [7, 11) is 0. The van der Waals surface area contributed by atoms with Crippen molar-refractivity contribution in [1.82, 2.24) is 15.6 Å². The van der Waals surface area contributed by atoms with Gasteiger partial charge in [-0.15, -0.1) is 0 Å². The minimum absolute atomic E-state index is 0.0217. The molecular formula is C15H20N4O2. The summed E-state index contributed by atoms with van der Waals surface area (Å²) in [6, 6.07) is 1.00. The predicted octanol–water partition coefficient (Wildman–Crippen LogP) is 0.0347. The van der Waals surface area contributed by atoms with Crippen LogP contribution < -0.4 is 16.4 Å². The van der Waals surface area contributed by atoms with E-state index >= 15 is 0 Å². The van der Waals surface area contributed by atoms with Gasteiger partial charge in [0, 0.05) is 24.0 Å². The average molecular weight is 288 g/mol. The summed E-state index contributed by atoms with van der Waals surface area (Å²) < 4.78 is 0. The Labute approximate surface area is 124 Å². The van der Waals surface area contributed by atoms with Crippen LogP contribution in [0.25, 0.3) is 0 Å². The summed E-state index contributed by atoms with van der Waals surface area (Å²) in [5, 5.41) is 5.35. The Morgan fingerprint density at radius 2 is 2.00 bits per heavy atom. The van der Waals surface area contributed by atoms with Crippen LogP contribution in [0.1, 0.15) is 36.7 Å². The lowest BCUT2D eigenvalue weighted by molar-refractivity contribution is -0.123. The van der Waals surface area contributed by atoms with Crippen molar-refractivity contribution in [1.29, 1.82) is 0 Å². The molecule has 4 N–H and O–H groups in total. The fourth-order valence-corrected chi connectivity index (χ4v) is 1.54. The molecule has 1 unspecified atom stereocenters. The second kappa shape index (κ2) is 8.02. The number of carbonyl (C=O) groups excluding carboxylic acids is 2. The quantitative estimate of drug-likeness (QED) is 0.681. The molecule has 6 heteroatoms. The summed E-state index contributed by atoms with van der Waals surface area (Å²) in [4.78, 5) is 27.8. The minimum Gasteiger partial charge on any atom is -0.352 e. The molecule has 1 atom stereocenters. The molecule has 0 fully saturated rings. The topological polar surface area (TPSA) is 97.1 Å². The minimum atomic E-state index is -0.626. The van der Waals surface area contributed by atoms with E-state index in [0.717, 1.165) is 0 Å². The molecule has 0 spiro atoms. The van der Waals surface area contributed by atoms with E-state index in [4.69, 9.17) is 5.73 Å². The molecular weight excluding hydrogens is 268 g/mol. The number of nitrogens with zero attached hydrogens (tertiary/aromatic N) is 1. The molecule has 1 rings (SSSR count). The fraction of sp³-hybridized carbons (Fsp3) is 0.400. The van der Waals surface area contributed by atoms with E-state index in [1.807, 2.05) is 13.8 Å². The lowest BCUT2D eigenvalue weighted by Crippen LogP contribution is -2.46. The Bertz CT molecular complexity index is 573. The highest BCUT2D eigenvalue weighted by Crippen LogP contribution is 2.02. The number of nitrogens with two attached hydrogens (primary N) is 1. The van der Waals surface area contributed by atoms with Gasteiger partial charge in [0.2, 0.25) is 5.91 Å². The standard InChI is InChI=1S/C15H20N4O2/c1-10(2)18-14(20)11(3)19-15(21)13-7-12(5-4-6-16)8-17-9-13/h7-11H,6,16H2,1-3H3,(H,18,20)(H,19,21). The molecule has 0 aromatic carbocycles. The van der Waals surface area contributed by atoms with Gasteiger partial charge in [0.15, 0.2) is 0 Å². The van der Waals surface area contributed by atoms with Gasteiger partial charge in [-0.2, -0.15) is 0 Å². The van der Waals surface area contributed by atoms with Crippen molar-refractivity contribution in [3.8, 4) is 11.8 Å². The third-order valence-electron chi connectivity index (χ3n) is 2.51. The number of aromatic nitrogens is 1. The number of hydrogen-bond acceptors (Lipinski definition) is 4. The van der Waals surface area contributed by atoms with Gasteiger partial charge in [0.05, 0.1) is 12.1 Å². The number of rotatable bonds is 4. The molecule has 0 aliphatic heterocycles. The van der Waals surface area contributed by atoms with Gasteiger partial charge in [-0.3, -0.25) is 14.6 Å². The Morgan fingerprint density at radius 1 is 1.29 bits per heavy atom. The Morgan fingerprint density at radius 3 is 2.62 bits per heavy atom. The Hall–Kier alpha value is -2.39. The maximum absolute atomic E-state index is 12.1.